The van der Waals surface area contributed by atoms with Crippen LogP contribution >= 0.6 is 0 Å². The highest BCUT2D eigenvalue weighted by Crippen LogP contribution is 2.05. The van der Waals surface area contributed by atoms with E-state index >= 15 is 0 Å². The van der Waals surface area contributed by atoms with Crippen molar-refractivity contribution in [3.05, 3.63) is 0 Å². The third kappa shape index (κ3) is 5.41. The molecule has 3 heteroatoms. The van der Waals surface area contributed by atoms with Gasteiger partial charge in [-0.05, 0) is 12.3 Å². The van der Waals surface area contributed by atoms with Crippen molar-refractivity contribution in [3.63, 3.8) is 0 Å². The lowest BCUT2D eigenvalue weighted by molar-refractivity contribution is 0.0868. The molecule has 0 aliphatic rings. The largest absolute Gasteiger partial charge is 0.505 e. The molecule has 0 heterocycles. The van der Waals surface area contributed by atoms with Gasteiger partial charge in [-0.25, -0.2) is 4.79 Å². The van der Waals surface area contributed by atoms with Gasteiger partial charge in [0.05, 0.1) is 6.61 Å². The summed E-state index contributed by atoms with van der Waals surface area (Å²) in [5.41, 5.74) is 0. The first-order chi connectivity index (χ1) is 4.66. The molecule has 0 aromatic rings. The Bertz CT molecular complexity index is 101. The predicted molar refractivity (Wildman–Crippen MR) is 38.0 cm³/mol. The lowest BCUT2D eigenvalue weighted by Gasteiger charge is -2.05. The highest BCUT2D eigenvalue weighted by molar-refractivity contribution is 5.56. The van der Waals surface area contributed by atoms with E-state index in [1.807, 2.05) is 0 Å². The van der Waals surface area contributed by atoms with Crippen molar-refractivity contribution < 1.29 is 14.6 Å². The lowest BCUT2D eigenvalue weighted by Crippen LogP contribution is -2.05. The van der Waals surface area contributed by atoms with E-state index < -0.39 is 6.16 Å². The van der Waals surface area contributed by atoms with E-state index in [9.17, 15) is 4.79 Å². The fraction of sp³-hybridized carbons (Fsp3) is 0.857. The molecule has 0 bridgehead atoms. The molecular formula is C7H14O3. The Morgan fingerprint density at radius 3 is 2.70 bits per heavy atom. The molecule has 1 atom stereocenters. The smallest absolute Gasteiger partial charge is 0.450 e. The second kappa shape index (κ2) is 5.09. The Labute approximate surface area is 61.0 Å². The van der Waals surface area contributed by atoms with Crippen LogP contribution in [0.4, 0.5) is 4.79 Å². The monoisotopic (exact) mass is 146 g/mol. The van der Waals surface area contributed by atoms with Gasteiger partial charge in [0.1, 0.15) is 0 Å². The van der Waals surface area contributed by atoms with Crippen molar-refractivity contribution >= 4 is 6.16 Å². The Balaban J connectivity index is 3.11. The van der Waals surface area contributed by atoms with Crippen LogP contribution in [0.15, 0.2) is 0 Å². The van der Waals surface area contributed by atoms with Crippen LogP contribution in [0.1, 0.15) is 26.7 Å². The van der Waals surface area contributed by atoms with Gasteiger partial charge in [-0.15, -0.1) is 0 Å². The maximum atomic E-state index is 9.85. The van der Waals surface area contributed by atoms with E-state index in [-0.39, 0.29) is 0 Å². The molecule has 0 fully saturated rings. The Morgan fingerprint density at radius 1 is 1.70 bits per heavy atom. The summed E-state index contributed by atoms with van der Waals surface area (Å²) in [6, 6.07) is 0. The summed E-state index contributed by atoms with van der Waals surface area (Å²) in [5.74, 6) is 0.555. The summed E-state index contributed by atoms with van der Waals surface area (Å²) in [6.45, 7) is 4.47. The second-order valence-corrected chi connectivity index (χ2v) is 2.42. The molecule has 0 radical (unpaired) electrons. The fourth-order valence-corrected chi connectivity index (χ4v) is 0.552. The van der Waals surface area contributed by atoms with E-state index in [1.165, 1.54) is 0 Å². The van der Waals surface area contributed by atoms with Crippen LogP contribution < -0.4 is 0 Å². The number of hydrogen-bond donors (Lipinski definition) is 1. The van der Waals surface area contributed by atoms with E-state index in [0.29, 0.717) is 12.5 Å². The number of carbonyl (C=O) groups is 1. The number of carboxylic acid groups (broad SMARTS) is 1. The molecule has 3 nitrogen and oxygen atoms in total. The first-order valence-electron chi connectivity index (χ1n) is 3.52. The molecule has 10 heavy (non-hydrogen) atoms. The zero-order chi connectivity index (χ0) is 7.98. The number of hydrogen-bond acceptors (Lipinski definition) is 2. The SMILES string of the molecule is CCC(C)CCOC(=O)O. The van der Waals surface area contributed by atoms with Crippen molar-refractivity contribution in [2.45, 2.75) is 26.7 Å². The summed E-state index contributed by atoms with van der Waals surface area (Å²) in [5, 5.41) is 8.08. The molecular weight excluding hydrogens is 132 g/mol. The zero-order valence-corrected chi connectivity index (χ0v) is 6.46. The topological polar surface area (TPSA) is 46.5 Å². The third-order valence-electron chi connectivity index (χ3n) is 1.53. The van der Waals surface area contributed by atoms with Crippen LogP contribution in [-0.4, -0.2) is 17.9 Å². The molecule has 1 unspecified atom stereocenters. The van der Waals surface area contributed by atoms with Crippen LogP contribution in [0.3, 0.4) is 0 Å². The molecule has 0 rings (SSSR count). The minimum absolute atomic E-state index is 0.324. The molecule has 0 aliphatic carbocycles. The average Bonchev–Trinajstić information content (AvgIpc) is 1.87. The maximum absolute atomic E-state index is 9.85. The number of ether oxygens (including phenoxy) is 1. The summed E-state index contributed by atoms with van der Waals surface area (Å²) < 4.78 is 4.33. The van der Waals surface area contributed by atoms with Crippen LogP contribution in [0.5, 0.6) is 0 Å². The van der Waals surface area contributed by atoms with Crippen LogP contribution in [-0.2, 0) is 4.74 Å². The van der Waals surface area contributed by atoms with Gasteiger partial charge in [0.2, 0.25) is 0 Å². The van der Waals surface area contributed by atoms with Gasteiger partial charge < -0.3 is 9.84 Å². The maximum Gasteiger partial charge on any atom is 0.505 e. The summed E-state index contributed by atoms with van der Waals surface area (Å²) >= 11 is 0. The van der Waals surface area contributed by atoms with Crippen molar-refractivity contribution in [1.29, 1.82) is 0 Å². The van der Waals surface area contributed by atoms with Gasteiger partial charge in [-0.3, -0.25) is 0 Å². The van der Waals surface area contributed by atoms with Crippen molar-refractivity contribution in [3.8, 4) is 0 Å². The second-order valence-electron chi connectivity index (χ2n) is 2.42. The first-order valence-corrected chi connectivity index (χ1v) is 3.52. The minimum Gasteiger partial charge on any atom is -0.450 e. The normalized spacial score (nSPS) is 12.6. The molecule has 0 aliphatic heterocycles. The lowest BCUT2D eigenvalue weighted by atomic mass is 10.1. The molecule has 0 saturated heterocycles. The van der Waals surface area contributed by atoms with E-state index in [1.54, 1.807) is 0 Å². The highest BCUT2D eigenvalue weighted by Gasteiger charge is 2.00. The first kappa shape index (κ1) is 9.27. The fourth-order valence-electron chi connectivity index (χ4n) is 0.552. The molecule has 0 spiro atoms. The minimum atomic E-state index is -1.18. The molecule has 0 aromatic heterocycles. The van der Waals surface area contributed by atoms with Gasteiger partial charge in [0.25, 0.3) is 0 Å². The molecule has 0 saturated carbocycles. The Morgan fingerprint density at radius 2 is 2.30 bits per heavy atom. The van der Waals surface area contributed by atoms with Crippen molar-refractivity contribution in [1.82, 2.24) is 0 Å². The van der Waals surface area contributed by atoms with E-state index in [2.05, 4.69) is 18.6 Å². The van der Waals surface area contributed by atoms with Gasteiger partial charge in [-0.2, -0.15) is 0 Å². The van der Waals surface area contributed by atoms with Crippen molar-refractivity contribution in [2.75, 3.05) is 6.61 Å². The van der Waals surface area contributed by atoms with E-state index in [4.69, 9.17) is 5.11 Å². The Hall–Kier alpha value is -0.730. The average molecular weight is 146 g/mol. The standard InChI is InChI=1S/C7H14O3/c1-3-6(2)4-5-10-7(8)9/h6H,3-5H2,1-2H3,(H,8,9). The summed E-state index contributed by atoms with van der Waals surface area (Å²) in [7, 11) is 0. The van der Waals surface area contributed by atoms with Gasteiger partial charge in [0.15, 0.2) is 0 Å². The molecule has 0 aromatic carbocycles. The van der Waals surface area contributed by atoms with Crippen molar-refractivity contribution in [2.24, 2.45) is 5.92 Å². The zero-order valence-electron chi connectivity index (χ0n) is 6.46. The summed E-state index contributed by atoms with van der Waals surface area (Å²) in [4.78, 5) is 9.85. The third-order valence-corrected chi connectivity index (χ3v) is 1.53. The molecule has 1 N–H and O–H groups in total. The predicted octanol–water partition coefficient (Wildman–Crippen LogP) is 2.12. The van der Waals surface area contributed by atoms with Gasteiger partial charge in [-0.1, -0.05) is 20.3 Å². The van der Waals surface area contributed by atoms with Gasteiger partial charge in [0, 0.05) is 0 Å². The highest BCUT2D eigenvalue weighted by atomic mass is 16.7. The van der Waals surface area contributed by atoms with Crippen LogP contribution in [0, 0.1) is 5.92 Å². The quantitative estimate of drug-likeness (QED) is 0.618. The van der Waals surface area contributed by atoms with Crippen LogP contribution in [0.2, 0.25) is 0 Å². The Kier molecular flexibility index (Phi) is 4.72. The van der Waals surface area contributed by atoms with Gasteiger partial charge >= 0.3 is 6.16 Å². The summed E-state index contributed by atoms with van der Waals surface area (Å²) in [6.07, 6.45) is 0.717. The number of rotatable bonds is 4. The molecule has 0 amide bonds. The molecule has 60 valence electrons. The van der Waals surface area contributed by atoms with E-state index in [0.717, 1.165) is 12.8 Å². The van der Waals surface area contributed by atoms with Crippen LogP contribution in [0.25, 0.3) is 0 Å².